The van der Waals surface area contributed by atoms with Crippen molar-refractivity contribution in [2.24, 2.45) is 0 Å². The van der Waals surface area contributed by atoms with Gasteiger partial charge in [-0.25, -0.2) is 0 Å². The van der Waals surface area contributed by atoms with Gasteiger partial charge >= 0.3 is 0 Å². The van der Waals surface area contributed by atoms with Gasteiger partial charge in [-0.3, -0.25) is 0 Å². The van der Waals surface area contributed by atoms with Crippen molar-refractivity contribution in [3.8, 4) is 0 Å². The first-order valence-electron chi connectivity index (χ1n) is 6.35. The van der Waals surface area contributed by atoms with E-state index in [2.05, 4.69) is 47.9 Å². The van der Waals surface area contributed by atoms with Crippen LogP contribution in [0.5, 0.6) is 0 Å². The topological polar surface area (TPSA) is 24.1 Å². The van der Waals surface area contributed by atoms with E-state index in [4.69, 9.17) is 0 Å². The highest BCUT2D eigenvalue weighted by Crippen LogP contribution is 2.17. The molecule has 2 nitrogen and oxygen atoms in total. The molecule has 0 aromatic heterocycles. The minimum absolute atomic E-state index is 0.656. The Morgan fingerprint density at radius 1 is 1.38 bits per heavy atom. The van der Waals surface area contributed by atoms with Crippen molar-refractivity contribution in [2.45, 2.75) is 31.7 Å². The van der Waals surface area contributed by atoms with Crippen LogP contribution in [0.3, 0.4) is 0 Å². The summed E-state index contributed by atoms with van der Waals surface area (Å²) in [6, 6.07) is 11.5. The van der Waals surface area contributed by atoms with Gasteiger partial charge in [-0.05, 0) is 37.4 Å². The van der Waals surface area contributed by atoms with Gasteiger partial charge in [-0.15, -0.1) is 0 Å². The Bertz CT molecular complexity index is 291. The van der Waals surface area contributed by atoms with Crippen LogP contribution < -0.4 is 10.6 Å². The van der Waals surface area contributed by atoms with Crippen LogP contribution in [0.1, 0.15) is 31.2 Å². The first-order valence-corrected chi connectivity index (χ1v) is 6.35. The van der Waals surface area contributed by atoms with Crippen LogP contribution in [0, 0.1) is 0 Å². The van der Waals surface area contributed by atoms with Crippen molar-refractivity contribution in [1.82, 2.24) is 10.6 Å². The number of hydrogen-bond donors (Lipinski definition) is 2. The van der Waals surface area contributed by atoms with Crippen molar-refractivity contribution < 1.29 is 0 Å². The highest BCUT2D eigenvalue weighted by Gasteiger charge is 2.13. The molecule has 1 aromatic rings. The Balaban J connectivity index is 1.69. The largest absolute Gasteiger partial charge is 0.315 e. The van der Waals surface area contributed by atoms with Gasteiger partial charge in [-0.1, -0.05) is 37.3 Å². The third-order valence-electron chi connectivity index (χ3n) is 3.44. The molecule has 0 radical (unpaired) electrons. The van der Waals surface area contributed by atoms with E-state index in [1.807, 2.05) is 0 Å². The van der Waals surface area contributed by atoms with E-state index in [-0.39, 0.29) is 0 Å². The summed E-state index contributed by atoms with van der Waals surface area (Å²) in [6.07, 6.45) is 2.50. The summed E-state index contributed by atoms with van der Waals surface area (Å²) < 4.78 is 0. The molecule has 2 heteroatoms. The predicted octanol–water partition coefficient (Wildman–Crippen LogP) is 2.13. The Morgan fingerprint density at radius 3 is 2.88 bits per heavy atom. The van der Waals surface area contributed by atoms with Gasteiger partial charge in [0, 0.05) is 12.6 Å². The molecule has 0 saturated carbocycles. The fourth-order valence-corrected chi connectivity index (χ4v) is 2.28. The van der Waals surface area contributed by atoms with Crippen LogP contribution >= 0.6 is 0 Å². The van der Waals surface area contributed by atoms with E-state index in [0.717, 1.165) is 13.1 Å². The summed E-state index contributed by atoms with van der Waals surface area (Å²) in [5.74, 6) is 0.656. The van der Waals surface area contributed by atoms with Crippen molar-refractivity contribution in [2.75, 3.05) is 19.6 Å². The predicted molar refractivity (Wildman–Crippen MR) is 68.8 cm³/mol. The number of rotatable bonds is 5. The molecule has 1 fully saturated rings. The number of benzene rings is 1. The van der Waals surface area contributed by atoms with Gasteiger partial charge in [0.15, 0.2) is 0 Å². The molecule has 88 valence electrons. The molecule has 2 N–H and O–H groups in total. The zero-order valence-corrected chi connectivity index (χ0v) is 10.1. The summed E-state index contributed by atoms with van der Waals surface area (Å²) >= 11 is 0. The molecule has 2 rings (SSSR count). The minimum Gasteiger partial charge on any atom is -0.315 e. The quantitative estimate of drug-likeness (QED) is 0.791. The lowest BCUT2D eigenvalue weighted by Crippen LogP contribution is -2.32. The third kappa shape index (κ3) is 3.32. The van der Waals surface area contributed by atoms with E-state index in [1.165, 1.54) is 24.9 Å². The average Bonchev–Trinajstić information content (AvgIpc) is 2.83. The molecular weight excluding hydrogens is 196 g/mol. The zero-order valence-electron chi connectivity index (χ0n) is 10.1. The SMILES string of the molecule is CC(CCNC1CCNC1)c1ccccc1. The van der Waals surface area contributed by atoms with Crippen LogP contribution in [0.25, 0.3) is 0 Å². The highest BCUT2D eigenvalue weighted by atomic mass is 15.0. The molecule has 2 unspecified atom stereocenters. The van der Waals surface area contributed by atoms with Gasteiger partial charge in [0.05, 0.1) is 0 Å². The molecule has 2 atom stereocenters. The summed E-state index contributed by atoms with van der Waals surface area (Å²) in [5, 5.41) is 7.00. The van der Waals surface area contributed by atoms with Crippen LogP contribution in [-0.2, 0) is 0 Å². The van der Waals surface area contributed by atoms with E-state index in [1.54, 1.807) is 0 Å². The fourth-order valence-electron chi connectivity index (χ4n) is 2.28. The second-order valence-electron chi connectivity index (χ2n) is 4.74. The maximum atomic E-state index is 3.62. The van der Waals surface area contributed by atoms with Gasteiger partial charge in [-0.2, -0.15) is 0 Å². The lowest BCUT2D eigenvalue weighted by atomic mass is 9.98. The Labute approximate surface area is 98.4 Å². The minimum atomic E-state index is 0.656. The molecule has 0 bridgehead atoms. The molecular formula is C14H22N2. The maximum Gasteiger partial charge on any atom is 0.0204 e. The molecule has 1 saturated heterocycles. The normalized spacial score (nSPS) is 22.2. The molecule has 0 aliphatic carbocycles. The maximum absolute atomic E-state index is 3.62. The molecule has 1 aromatic carbocycles. The van der Waals surface area contributed by atoms with Crippen LogP contribution in [0.15, 0.2) is 30.3 Å². The average molecular weight is 218 g/mol. The molecule has 0 spiro atoms. The molecule has 0 amide bonds. The van der Waals surface area contributed by atoms with Gasteiger partial charge in [0.2, 0.25) is 0 Å². The first kappa shape index (κ1) is 11.6. The van der Waals surface area contributed by atoms with Gasteiger partial charge in [0.25, 0.3) is 0 Å². The molecule has 1 heterocycles. The van der Waals surface area contributed by atoms with Crippen molar-refractivity contribution in [3.63, 3.8) is 0 Å². The van der Waals surface area contributed by atoms with Crippen LogP contribution in [0.2, 0.25) is 0 Å². The van der Waals surface area contributed by atoms with Gasteiger partial charge < -0.3 is 10.6 Å². The summed E-state index contributed by atoms with van der Waals surface area (Å²) in [7, 11) is 0. The monoisotopic (exact) mass is 218 g/mol. The number of nitrogens with one attached hydrogen (secondary N) is 2. The van der Waals surface area contributed by atoms with E-state index in [9.17, 15) is 0 Å². The summed E-state index contributed by atoms with van der Waals surface area (Å²) in [6.45, 7) is 5.75. The highest BCUT2D eigenvalue weighted by molar-refractivity contribution is 5.18. The number of hydrogen-bond acceptors (Lipinski definition) is 2. The second kappa shape index (κ2) is 6.02. The van der Waals surface area contributed by atoms with E-state index in [0.29, 0.717) is 12.0 Å². The summed E-state index contributed by atoms with van der Waals surface area (Å²) in [4.78, 5) is 0. The lowest BCUT2D eigenvalue weighted by molar-refractivity contribution is 0.514. The third-order valence-corrected chi connectivity index (χ3v) is 3.44. The fraction of sp³-hybridized carbons (Fsp3) is 0.571. The standard InChI is InChI=1S/C14H22N2/c1-12(13-5-3-2-4-6-13)7-10-16-14-8-9-15-11-14/h2-6,12,14-16H,7-11H2,1H3. The van der Waals surface area contributed by atoms with E-state index >= 15 is 0 Å². The Morgan fingerprint density at radius 2 is 2.19 bits per heavy atom. The van der Waals surface area contributed by atoms with Crippen LogP contribution in [-0.4, -0.2) is 25.7 Å². The summed E-state index contributed by atoms with van der Waals surface area (Å²) in [5.41, 5.74) is 1.45. The molecule has 1 aliphatic heterocycles. The second-order valence-corrected chi connectivity index (χ2v) is 4.74. The van der Waals surface area contributed by atoms with Crippen molar-refractivity contribution in [1.29, 1.82) is 0 Å². The lowest BCUT2D eigenvalue weighted by Gasteiger charge is -2.15. The van der Waals surface area contributed by atoms with Crippen molar-refractivity contribution in [3.05, 3.63) is 35.9 Å². The van der Waals surface area contributed by atoms with Crippen molar-refractivity contribution >= 4 is 0 Å². The first-order chi connectivity index (χ1) is 7.86. The smallest absolute Gasteiger partial charge is 0.0204 e. The van der Waals surface area contributed by atoms with Crippen LogP contribution in [0.4, 0.5) is 0 Å². The molecule has 1 aliphatic rings. The molecule has 16 heavy (non-hydrogen) atoms. The Kier molecular flexibility index (Phi) is 4.37. The Hall–Kier alpha value is -0.860. The van der Waals surface area contributed by atoms with Gasteiger partial charge in [0.1, 0.15) is 0 Å². The van der Waals surface area contributed by atoms with E-state index < -0.39 is 0 Å². The zero-order chi connectivity index (χ0) is 11.2.